The van der Waals surface area contributed by atoms with Crippen molar-refractivity contribution < 1.29 is 26.4 Å². The van der Waals surface area contributed by atoms with Crippen LogP contribution in [-0.4, -0.2) is 61.2 Å². The fourth-order valence-corrected chi connectivity index (χ4v) is 5.34. The molecule has 0 N–H and O–H groups in total. The number of benzene rings is 2. The predicted octanol–water partition coefficient (Wildman–Crippen LogP) is 3.09. The molecule has 0 aliphatic carbocycles. The quantitative estimate of drug-likeness (QED) is 0.486. The Morgan fingerprint density at radius 1 is 0.941 bits per heavy atom. The Morgan fingerprint density at radius 3 is 2.32 bits per heavy atom. The maximum atomic E-state index is 14.1. The van der Waals surface area contributed by atoms with E-state index in [4.69, 9.17) is 4.42 Å². The third-order valence-electron chi connectivity index (χ3n) is 5.70. The fourth-order valence-electron chi connectivity index (χ4n) is 3.87. The SMILES string of the molecule is O=C(CN1CCN(S(=O)(=O)c2ccc(F)cc2F)CC1)N(Cc1ccccc1)Cc1ccco1. The molecule has 0 unspecified atom stereocenters. The van der Waals surface area contributed by atoms with E-state index in [1.807, 2.05) is 41.3 Å². The molecule has 1 amide bonds. The summed E-state index contributed by atoms with van der Waals surface area (Å²) >= 11 is 0. The number of carbonyl (C=O) groups is 1. The lowest BCUT2D eigenvalue weighted by Crippen LogP contribution is -2.51. The summed E-state index contributed by atoms with van der Waals surface area (Å²) in [5.74, 6) is -1.40. The zero-order chi connectivity index (χ0) is 24.1. The summed E-state index contributed by atoms with van der Waals surface area (Å²) in [5.41, 5.74) is 0.986. The molecule has 0 atom stereocenters. The second kappa shape index (κ2) is 10.5. The molecule has 1 fully saturated rings. The molecule has 180 valence electrons. The Balaban J connectivity index is 1.39. The second-order valence-electron chi connectivity index (χ2n) is 8.07. The first-order chi connectivity index (χ1) is 16.3. The molecular formula is C24H25F2N3O4S. The summed E-state index contributed by atoms with van der Waals surface area (Å²) in [4.78, 5) is 16.2. The maximum absolute atomic E-state index is 14.1. The molecule has 1 aliphatic heterocycles. The van der Waals surface area contributed by atoms with Crippen LogP contribution in [0.5, 0.6) is 0 Å². The van der Waals surface area contributed by atoms with Crippen LogP contribution < -0.4 is 0 Å². The topological polar surface area (TPSA) is 74.1 Å². The molecule has 34 heavy (non-hydrogen) atoms. The molecule has 2 aromatic carbocycles. The van der Waals surface area contributed by atoms with Crippen LogP contribution in [0, 0.1) is 11.6 Å². The standard InChI is InChI=1S/C24H25F2N3O4S/c25-20-8-9-23(22(26)15-20)34(31,32)29-12-10-27(11-13-29)18-24(30)28(17-21-7-4-14-33-21)16-19-5-2-1-3-6-19/h1-9,14-15H,10-13,16-18H2. The van der Waals surface area contributed by atoms with Crippen LogP contribution in [0.1, 0.15) is 11.3 Å². The average molecular weight is 490 g/mol. The highest BCUT2D eigenvalue weighted by Gasteiger charge is 2.31. The number of nitrogens with zero attached hydrogens (tertiary/aromatic N) is 3. The van der Waals surface area contributed by atoms with Gasteiger partial charge in [0.15, 0.2) is 0 Å². The minimum atomic E-state index is -4.10. The number of piperazine rings is 1. The molecule has 0 saturated carbocycles. The van der Waals surface area contributed by atoms with E-state index >= 15 is 0 Å². The average Bonchev–Trinajstić information content (AvgIpc) is 3.33. The molecule has 1 saturated heterocycles. The first-order valence-electron chi connectivity index (χ1n) is 10.8. The van der Waals surface area contributed by atoms with Crippen LogP contribution in [0.15, 0.2) is 76.2 Å². The van der Waals surface area contributed by atoms with Gasteiger partial charge >= 0.3 is 0 Å². The van der Waals surface area contributed by atoms with Crippen molar-refractivity contribution in [1.82, 2.24) is 14.1 Å². The Kier molecular flexibility index (Phi) is 7.40. The van der Waals surface area contributed by atoms with Crippen molar-refractivity contribution in [3.63, 3.8) is 0 Å². The van der Waals surface area contributed by atoms with Crippen molar-refractivity contribution in [3.8, 4) is 0 Å². The molecule has 2 heterocycles. The largest absolute Gasteiger partial charge is 0.467 e. The molecule has 0 bridgehead atoms. The van der Waals surface area contributed by atoms with Gasteiger partial charge < -0.3 is 9.32 Å². The summed E-state index contributed by atoms with van der Waals surface area (Å²) in [6, 6.07) is 15.6. The minimum absolute atomic E-state index is 0.100. The molecule has 1 aromatic heterocycles. The van der Waals surface area contributed by atoms with Crippen LogP contribution in [0.3, 0.4) is 0 Å². The lowest BCUT2D eigenvalue weighted by molar-refractivity contribution is -0.134. The van der Waals surface area contributed by atoms with Crippen LogP contribution in [0.25, 0.3) is 0 Å². The Labute approximate surface area is 197 Å². The molecule has 3 aromatic rings. The third kappa shape index (κ3) is 5.69. The van der Waals surface area contributed by atoms with Crippen molar-refractivity contribution in [2.24, 2.45) is 0 Å². The zero-order valence-corrected chi connectivity index (χ0v) is 19.3. The predicted molar refractivity (Wildman–Crippen MR) is 121 cm³/mol. The lowest BCUT2D eigenvalue weighted by atomic mass is 10.2. The van der Waals surface area contributed by atoms with Crippen LogP contribution >= 0.6 is 0 Å². The monoisotopic (exact) mass is 489 g/mol. The minimum Gasteiger partial charge on any atom is -0.467 e. The van der Waals surface area contributed by atoms with Crippen LogP contribution in [0.4, 0.5) is 8.78 Å². The van der Waals surface area contributed by atoms with Gasteiger partial charge in [0, 0.05) is 38.8 Å². The highest BCUT2D eigenvalue weighted by molar-refractivity contribution is 7.89. The highest BCUT2D eigenvalue weighted by Crippen LogP contribution is 2.21. The number of carbonyl (C=O) groups excluding carboxylic acids is 1. The number of furan rings is 1. The van der Waals surface area contributed by atoms with Gasteiger partial charge in [-0.05, 0) is 29.8 Å². The molecular weight excluding hydrogens is 464 g/mol. The number of amides is 1. The Morgan fingerprint density at radius 2 is 1.68 bits per heavy atom. The Hall–Kier alpha value is -3.08. The maximum Gasteiger partial charge on any atom is 0.246 e. The highest BCUT2D eigenvalue weighted by atomic mass is 32.2. The van der Waals surface area contributed by atoms with Gasteiger partial charge in [-0.25, -0.2) is 17.2 Å². The van der Waals surface area contributed by atoms with Gasteiger partial charge in [-0.3, -0.25) is 9.69 Å². The smallest absolute Gasteiger partial charge is 0.246 e. The van der Waals surface area contributed by atoms with Crippen molar-refractivity contribution in [2.45, 2.75) is 18.0 Å². The van der Waals surface area contributed by atoms with E-state index < -0.39 is 26.6 Å². The molecule has 0 radical (unpaired) electrons. The summed E-state index contributed by atoms with van der Waals surface area (Å²) in [5, 5.41) is 0. The number of sulfonamides is 1. The summed E-state index contributed by atoms with van der Waals surface area (Å²) in [7, 11) is -4.10. The van der Waals surface area contributed by atoms with Crippen molar-refractivity contribution in [1.29, 1.82) is 0 Å². The van der Waals surface area contributed by atoms with E-state index in [0.717, 1.165) is 22.0 Å². The van der Waals surface area contributed by atoms with Crippen molar-refractivity contribution >= 4 is 15.9 Å². The van der Waals surface area contributed by atoms with Crippen LogP contribution in [0.2, 0.25) is 0 Å². The van der Waals surface area contributed by atoms with Gasteiger partial charge in [-0.15, -0.1) is 0 Å². The lowest BCUT2D eigenvalue weighted by Gasteiger charge is -2.34. The van der Waals surface area contributed by atoms with E-state index in [0.29, 0.717) is 38.0 Å². The van der Waals surface area contributed by atoms with Crippen LogP contribution in [-0.2, 0) is 27.9 Å². The summed E-state index contributed by atoms with van der Waals surface area (Å²) < 4.78 is 59.4. The van der Waals surface area contributed by atoms with E-state index in [-0.39, 0.29) is 25.5 Å². The molecule has 1 aliphatic rings. The molecule has 10 heteroatoms. The van der Waals surface area contributed by atoms with Gasteiger partial charge in [0.1, 0.15) is 22.3 Å². The summed E-state index contributed by atoms with van der Waals surface area (Å²) in [6.07, 6.45) is 1.56. The molecule has 4 rings (SSSR count). The molecule has 7 nitrogen and oxygen atoms in total. The van der Waals surface area contributed by atoms with E-state index in [1.165, 1.54) is 0 Å². The number of rotatable bonds is 8. The second-order valence-corrected chi connectivity index (χ2v) is 9.98. The zero-order valence-electron chi connectivity index (χ0n) is 18.4. The van der Waals surface area contributed by atoms with E-state index in [2.05, 4.69) is 0 Å². The van der Waals surface area contributed by atoms with E-state index in [9.17, 15) is 22.0 Å². The number of hydrogen-bond acceptors (Lipinski definition) is 5. The van der Waals surface area contributed by atoms with Gasteiger partial charge in [0.2, 0.25) is 15.9 Å². The summed E-state index contributed by atoms with van der Waals surface area (Å²) in [6.45, 7) is 1.68. The van der Waals surface area contributed by atoms with Gasteiger partial charge in [0.25, 0.3) is 0 Å². The van der Waals surface area contributed by atoms with E-state index in [1.54, 1.807) is 17.2 Å². The van der Waals surface area contributed by atoms with Gasteiger partial charge in [-0.1, -0.05) is 30.3 Å². The van der Waals surface area contributed by atoms with Gasteiger partial charge in [-0.2, -0.15) is 4.31 Å². The number of halogens is 2. The van der Waals surface area contributed by atoms with Crippen molar-refractivity contribution in [3.05, 3.63) is 89.9 Å². The number of hydrogen-bond donors (Lipinski definition) is 0. The van der Waals surface area contributed by atoms with Gasteiger partial charge in [0.05, 0.1) is 19.4 Å². The fraction of sp³-hybridized carbons (Fsp3) is 0.292. The third-order valence-corrected chi connectivity index (χ3v) is 7.63. The first kappa shape index (κ1) is 24.1. The Bertz CT molecular complexity index is 1210. The normalized spacial score (nSPS) is 15.4. The molecule has 0 spiro atoms. The van der Waals surface area contributed by atoms with Crippen molar-refractivity contribution in [2.75, 3.05) is 32.7 Å². The first-order valence-corrected chi connectivity index (χ1v) is 12.3.